The number of ether oxygens (including phenoxy) is 2. The molecule has 2 aromatic carbocycles. The lowest BCUT2D eigenvalue weighted by Gasteiger charge is -2.29. The number of phenolic OH excluding ortho intramolecular Hbond substituents is 1. The summed E-state index contributed by atoms with van der Waals surface area (Å²) in [6.07, 6.45) is 0. The zero-order valence-electron chi connectivity index (χ0n) is 15.7. The second-order valence-electron chi connectivity index (χ2n) is 6.68. The largest absolute Gasteiger partial charge is 0.504 e. The minimum absolute atomic E-state index is 0.0178. The zero-order valence-corrected chi connectivity index (χ0v) is 15.7. The number of hydrogen-bond donors (Lipinski definition) is 2. The summed E-state index contributed by atoms with van der Waals surface area (Å²) >= 11 is 0. The van der Waals surface area contributed by atoms with E-state index in [-0.39, 0.29) is 17.3 Å². The highest BCUT2D eigenvalue weighted by molar-refractivity contribution is 6.23. The van der Waals surface area contributed by atoms with Gasteiger partial charge in [0.2, 0.25) is 0 Å². The molecule has 1 heterocycles. The molecule has 142 valence electrons. The monoisotopic (exact) mass is 377 g/mol. The standard InChI is InChI=1S/C22H19NO5/c1-11-17(22(26)28-3)18(12-8-9-15(24)16(10-12)27-2)19-20(23-11)13-6-4-5-7-14(13)21(19)25/h4-10,18,23-24H,1-3H3/t18-/m0/s1. The van der Waals surface area contributed by atoms with E-state index >= 15 is 0 Å². The first-order chi connectivity index (χ1) is 13.5. The van der Waals surface area contributed by atoms with Crippen molar-refractivity contribution in [2.24, 2.45) is 0 Å². The van der Waals surface area contributed by atoms with Crippen LogP contribution in [0.3, 0.4) is 0 Å². The fraction of sp³-hybridized carbons (Fsp3) is 0.182. The molecule has 0 saturated carbocycles. The lowest BCUT2D eigenvalue weighted by Crippen LogP contribution is -2.29. The quantitative estimate of drug-likeness (QED) is 0.800. The van der Waals surface area contributed by atoms with Crippen LogP contribution in [0.4, 0.5) is 0 Å². The van der Waals surface area contributed by atoms with Crippen molar-refractivity contribution in [1.82, 2.24) is 5.32 Å². The van der Waals surface area contributed by atoms with Crippen molar-refractivity contribution in [2.75, 3.05) is 14.2 Å². The predicted octanol–water partition coefficient (Wildman–Crippen LogP) is 3.14. The van der Waals surface area contributed by atoms with Crippen LogP contribution in [0.25, 0.3) is 5.70 Å². The number of methoxy groups -OCH3 is 2. The summed E-state index contributed by atoms with van der Waals surface area (Å²) in [4.78, 5) is 25.9. The van der Waals surface area contributed by atoms with E-state index in [1.54, 1.807) is 25.1 Å². The molecule has 1 aliphatic heterocycles. The van der Waals surface area contributed by atoms with Gasteiger partial charge in [-0.1, -0.05) is 30.3 Å². The summed E-state index contributed by atoms with van der Waals surface area (Å²) in [7, 11) is 2.76. The van der Waals surface area contributed by atoms with Gasteiger partial charge in [-0.2, -0.15) is 0 Å². The molecule has 1 aliphatic carbocycles. The number of phenols is 1. The molecular formula is C22H19NO5. The van der Waals surface area contributed by atoms with E-state index in [9.17, 15) is 14.7 Å². The maximum Gasteiger partial charge on any atom is 0.336 e. The summed E-state index contributed by atoms with van der Waals surface area (Å²) in [5, 5.41) is 13.2. The molecule has 2 aromatic rings. The molecule has 0 amide bonds. The van der Waals surface area contributed by atoms with Gasteiger partial charge in [0.15, 0.2) is 17.3 Å². The molecular weight excluding hydrogens is 358 g/mol. The molecule has 6 nitrogen and oxygen atoms in total. The van der Waals surface area contributed by atoms with Crippen molar-refractivity contribution in [3.63, 3.8) is 0 Å². The van der Waals surface area contributed by atoms with Gasteiger partial charge < -0.3 is 19.9 Å². The molecule has 0 saturated heterocycles. The summed E-state index contributed by atoms with van der Waals surface area (Å²) in [5.74, 6) is -1.04. The Morgan fingerprint density at radius 1 is 1.11 bits per heavy atom. The third-order valence-corrected chi connectivity index (χ3v) is 5.19. The van der Waals surface area contributed by atoms with Crippen LogP contribution in [0.15, 0.2) is 59.3 Å². The number of nitrogens with one attached hydrogen (secondary N) is 1. The maximum atomic E-state index is 13.2. The molecule has 2 aliphatic rings. The molecule has 0 spiro atoms. The number of rotatable bonds is 3. The molecule has 2 N–H and O–H groups in total. The van der Waals surface area contributed by atoms with Gasteiger partial charge in [0, 0.05) is 28.3 Å². The van der Waals surface area contributed by atoms with Crippen LogP contribution in [0.5, 0.6) is 11.5 Å². The van der Waals surface area contributed by atoms with E-state index in [4.69, 9.17) is 9.47 Å². The Kier molecular flexibility index (Phi) is 4.19. The van der Waals surface area contributed by atoms with E-state index in [0.717, 1.165) is 5.56 Å². The summed E-state index contributed by atoms with van der Waals surface area (Å²) in [6.45, 7) is 1.78. The Balaban J connectivity index is 1.96. The topological polar surface area (TPSA) is 84.9 Å². The summed E-state index contributed by atoms with van der Waals surface area (Å²) in [6, 6.07) is 12.2. The zero-order chi connectivity index (χ0) is 20.0. The summed E-state index contributed by atoms with van der Waals surface area (Å²) in [5.41, 5.74) is 4.21. The molecule has 1 atom stereocenters. The number of fused-ring (bicyclic) bond motifs is 2. The molecule has 28 heavy (non-hydrogen) atoms. The molecule has 0 aromatic heterocycles. The smallest absolute Gasteiger partial charge is 0.336 e. The SMILES string of the molecule is COC(=O)C1=C(C)NC2=C(C(=O)c3ccccc32)[C@H]1c1ccc(O)c(OC)c1. The van der Waals surface area contributed by atoms with E-state index < -0.39 is 11.9 Å². The number of ketones is 1. The normalized spacial score (nSPS) is 17.8. The highest BCUT2D eigenvalue weighted by Crippen LogP contribution is 2.47. The second-order valence-corrected chi connectivity index (χ2v) is 6.68. The van der Waals surface area contributed by atoms with E-state index in [1.807, 2.05) is 18.2 Å². The van der Waals surface area contributed by atoms with Gasteiger partial charge in [0.05, 0.1) is 25.5 Å². The number of carbonyl (C=O) groups excluding carboxylic acids is 2. The fourth-order valence-electron chi connectivity index (χ4n) is 3.92. The number of dihydropyridines is 1. The van der Waals surface area contributed by atoms with Crippen molar-refractivity contribution >= 4 is 17.4 Å². The van der Waals surface area contributed by atoms with Crippen LogP contribution in [-0.4, -0.2) is 31.1 Å². The van der Waals surface area contributed by atoms with Crippen LogP contribution >= 0.6 is 0 Å². The first-order valence-electron chi connectivity index (χ1n) is 8.79. The lowest BCUT2D eigenvalue weighted by molar-refractivity contribution is -0.136. The molecule has 0 radical (unpaired) electrons. The van der Waals surface area contributed by atoms with Crippen molar-refractivity contribution in [3.05, 3.63) is 76.0 Å². The van der Waals surface area contributed by atoms with Crippen LogP contribution in [0.1, 0.15) is 34.3 Å². The van der Waals surface area contributed by atoms with Gasteiger partial charge in [-0.25, -0.2) is 4.79 Å². The number of benzene rings is 2. The third kappa shape index (κ3) is 2.49. The van der Waals surface area contributed by atoms with Gasteiger partial charge in [0.25, 0.3) is 0 Å². The van der Waals surface area contributed by atoms with Crippen LogP contribution in [-0.2, 0) is 9.53 Å². The molecule has 4 rings (SSSR count). The number of hydrogen-bond acceptors (Lipinski definition) is 6. The van der Waals surface area contributed by atoms with Gasteiger partial charge in [-0.15, -0.1) is 0 Å². The van der Waals surface area contributed by atoms with Crippen LogP contribution < -0.4 is 10.1 Å². The van der Waals surface area contributed by atoms with E-state index in [0.29, 0.717) is 33.7 Å². The Morgan fingerprint density at radius 2 is 1.82 bits per heavy atom. The van der Waals surface area contributed by atoms with Crippen molar-refractivity contribution < 1.29 is 24.2 Å². The number of esters is 1. The van der Waals surface area contributed by atoms with Crippen LogP contribution in [0, 0.1) is 0 Å². The molecule has 6 heteroatoms. The van der Waals surface area contributed by atoms with Crippen molar-refractivity contribution in [1.29, 1.82) is 0 Å². The second kappa shape index (κ2) is 6.56. The molecule has 0 unspecified atom stereocenters. The highest BCUT2D eigenvalue weighted by Gasteiger charge is 2.42. The highest BCUT2D eigenvalue weighted by atomic mass is 16.5. The van der Waals surface area contributed by atoms with Crippen molar-refractivity contribution in [3.8, 4) is 11.5 Å². The average molecular weight is 377 g/mol. The number of carbonyl (C=O) groups is 2. The van der Waals surface area contributed by atoms with E-state index in [2.05, 4.69) is 5.32 Å². The maximum absolute atomic E-state index is 13.2. The predicted molar refractivity (Wildman–Crippen MR) is 103 cm³/mol. The Labute approximate surface area is 162 Å². The first-order valence-corrected chi connectivity index (χ1v) is 8.79. The number of allylic oxidation sites excluding steroid dienone is 2. The minimum atomic E-state index is -0.641. The molecule has 0 bridgehead atoms. The van der Waals surface area contributed by atoms with Gasteiger partial charge >= 0.3 is 5.97 Å². The third-order valence-electron chi connectivity index (χ3n) is 5.19. The number of aromatic hydroxyl groups is 1. The minimum Gasteiger partial charge on any atom is -0.504 e. The van der Waals surface area contributed by atoms with Gasteiger partial charge in [-0.05, 0) is 24.6 Å². The van der Waals surface area contributed by atoms with Gasteiger partial charge in [-0.3, -0.25) is 4.79 Å². The Hall–Kier alpha value is -3.54. The number of Topliss-reactive ketones (excluding diaryl/α,β-unsaturated/α-hetero) is 1. The lowest BCUT2D eigenvalue weighted by atomic mass is 9.79. The van der Waals surface area contributed by atoms with Crippen LogP contribution in [0.2, 0.25) is 0 Å². The van der Waals surface area contributed by atoms with Gasteiger partial charge in [0.1, 0.15) is 0 Å². The van der Waals surface area contributed by atoms with E-state index in [1.165, 1.54) is 20.3 Å². The average Bonchev–Trinajstić information content (AvgIpc) is 2.99. The Morgan fingerprint density at radius 3 is 2.50 bits per heavy atom. The first kappa shape index (κ1) is 17.9. The molecule has 0 fully saturated rings. The fourth-order valence-corrected chi connectivity index (χ4v) is 3.92. The summed E-state index contributed by atoms with van der Waals surface area (Å²) < 4.78 is 10.2. The van der Waals surface area contributed by atoms with Crippen molar-refractivity contribution in [2.45, 2.75) is 12.8 Å². The Bertz CT molecular complexity index is 1080.